The third-order valence-electron chi connectivity index (χ3n) is 7.44. The predicted molar refractivity (Wildman–Crippen MR) is 120 cm³/mol. The lowest BCUT2D eigenvalue weighted by atomic mass is 9.85. The van der Waals surface area contributed by atoms with Crippen LogP contribution in [0.5, 0.6) is 0 Å². The molecule has 3 aliphatic carbocycles. The van der Waals surface area contributed by atoms with Crippen LogP contribution in [-0.4, -0.2) is 28.8 Å². The molecule has 0 saturated heterocycles. The number of carbonyl (C=O) groups excluding carboxylic acids is 2. The molecule has 0 unspecified atom stereocenters. The van der Waals surface area contributed by atoms with Crippen molar-refractivity contribution in [1.29, 1.82) is 0 Å². The van der Waals surface area contributed by atoms with Crippen molar-refractivity contribution in [3.63, 3.8) is 0 Å². The second kappa shape index (κ2) is 9.95. The number of amides is 2. The van der Waals surface area contributed by atoms with E-state index in [1.807, 2.05) is 18.2 Å². The van der Waals surface area contributed by atoms with Crippen molar-refractivity contribution in [2.45, 2.75) is 95.7 Å². The zero-order valence-corrected chi connectivity index (χ0v) is 18.2. The Morgan fingerprint density at radius 1 is 0.900 bits per heavy atom. The van der Waals surface area contributed by atoms with Gasteiger partial charge in [0.25, 0.3) is 0 Å². The maximum absolute atomic E-state index is 13.5. The molecule has 164 valence electrons. The van der Waals surface area contributed by atoms with E-state index in [4.69, 9.17) is 5.73 Å². The van der Waals surface area contributed by atoms with E-state index < -0.39 is 0 Å². The third kappa shape index (κ3) is 5.23. The van der Waals surface area contributed by atoms with Crippen molar-refractivity contribution in [3.8, 4) is 0 Å². The predicted octanol–water partition coefficient (Wildman–Crippen LogP) is 4.60. The van der Waals surface area contributed by atoms with Gasteiger partial charge in [0.15, 0.2) is 0 Å². The van der Waals surface area contributed by atoms with Gasteiger partial charge in [-0.3, -0.25) is 9.59 Å². The molecule has 0 bridgehead atoms. The lowest BCUT2D eigenvalue weighted by Gasteiger charge is -2.39. The van der Waals surface area contributed by atoms with E-state index in [0.29, 0.717) is 12.5 Å². The Hall–Kier alpha value is -1.88. The van der Waals surface area contributed by atoms with Gasteiger partial charge in [-0.15, -0.1) is 0 Å². The number of anilines is 1. The van der Waals surface area contributed by atoms with Gasteiger partial charge in [0.05, 0.1) is 0 Å². The van der Waals surface area contributed by atoms with Crippen molar-refractivity contribution >= 4 is 17.5 Å². The number of hydrogen-bond acceptors (Lipinski definition) is 3. The van der Waals surface area contributed by atoms with Gasteiger partial charge >= 0.3 is 0 Å². The van der Waals surface area contributed by atoms with Gasteiger partial charge < -0.3 is 16.0 Å². The van der Waals surface area contributed by atoms with E-state index in [0.717, 1.165) is 69.0 Å². The Morgan fingerprint density at radius 2 is 1.60 bits per heavy atom. The molecule has 2 amide bonds. The molecule has 3 aliphatic rings. The van der Waals surface area contributed by atoms with Crippen molar-refractivity contribution in [2.24, 2.45) is 17.6 Å². The van der Waals surface area contributed by atoms with E-state index >= 15 is 0 Å². The summed E-state index contributed by atoms with van der Waals surface area (Å²) in [6.07, 6.45) is 12.8. The number of nitrogens with zero attached hydrogens (tertiary/aromatic N) is 1. The summed E-state index contributed by atoms with van der Waals surface area (Å²) in [5.74, 6) is 0.814. The quantitative estimate of drug-likeness (QED) is 0.718. The molecule has 0 heterocycles. The highest BCUT2D eigenvalue weighted by Gasteiger charge is 2.32. The number of nitrogens with one attached hydrogen (secondary N) is 1. The summed E-state index contributed by atoms with van der Waals surface area (Å²) in [5, 5.41) is 3.08. The second-order valence-electron chi connectivity index (χ2n) is 9.69. The number of rotatable bonds is 6. The molecule has 0 aromatic heterocycles. The highest BCUT2D eigenvalue weighted by molar-refractivity contribution is 5.93. The van der Waals surface area contributed by atoms with E-state index in [1.165, 1.54) is 19.3 Å². The molecule has 1 aromatic rings. The molecule has 3 fully saturated rings. The standard InChI is InChI=1S/C25H37N3O2/c26-21-12-14-23(15-13-21)28(25(30)20-7-2-1-3-8-20)17-18-6-4-11-22(16-18)27-24(29)19-9-5-10-19/h4,6,11,16,19-21,23H,1-3,5,7-10,12-15,17,26H2,(H,27,29). The van der Waals surface area contributed by atoms with Crippen molar-refractivity contribution in [1.82, 2.24) is 4.90 Å². The Labute approximate surface area is 180 Å². The first-order valence-electron chi connectivity index (χ1n) is 12.1. The molecular formula is C25H37N3O2. The molecule has 0 aliphatic heterocycles. The van der Waals surface area contributed by atoms with Crippen LogP contribution >= 0.6 is 0 Å². The lowest BCUT2D eigenvalue weighted by Crippen LogP contribution is -2.46. The molecular weight excluding hydrogens is 374 g/mol. The van der Waals surface area contributed by atoms with E-state index in [-0.39, 0.29) is 29.8 Å². The fraction of sp³-hybridized carbons (Fsp3) is 0.680. The Bertz CT molecular complexity index is 732. The lowest BCUT2D eigenvalue weighted by molar-refractivity contribution is -0.140. The van der Waals surface area contributed by atoms with Crippen molar-refractivity contribution < 1.29 is 9.59 Å². The smallest absolute Gasteiger partial charge is 0.227 e. The van der Waals surface area contributed by atoms with E-state index in [2.05, 4.69) is 16.3 Å². The largest absolute Gasteiger partial charge is 0.335 e. The minimum Gasteiger partial charge on any atom is -0.335 e. The molecule has 3 N–H and O–H groups in total. The fourth-order valence-corrected chi connectivity index (χ4v) is 5.24. The number of carbonyl (C=O) groups is 2. The highest BCUT2D eigenvalue weighted by Crippen LogP contribution is 2.31. The van der Waals surface area contributed by atoms with Gasteiger partial charge in [-0.05, 0) is 69.1 Å². The van der Waals surface area contributed by atoms with Crippen LogP contribution in [0.4, 0.5) is 5.69 Å². The zero-order chi connectivity index (χ0) is 20.9. The first kappa shape index (κ1) is 21.4. The van der Waals surface area contributed by atoms with Crippen molar-refractivity contribution in [3.05, 3.63) is 29.8 Å². The molecule has 0 radical (unpaired) electrons. The first-order chi connectivity index (χ1) is 14.6. The summed E-state index contributed by atoms with van der Waals surface area (Å²) in [4.78, 5) is 28.0. The van der Waals surface area contributed by atoms with Gasteiger partial charge in [-0.2, -0.15) is 0 Å². The maximum Gasteiger partial charge on any atom is 0.227 e. The summed E-state index contributed by atoms with van der Waals surface area (Å²) < 4.78 is 0. The molecule has 0 atom stereocenters. The Kier molecular flexibility index (Phi) is 7.08. The summed E-state index contributed by atoms with van der Waals surface area (Å²) in [6.45, 7) is 0.627. The second-order valence-corrected chi connectivity index (χ2v) is 9.69. The average Bonchev–Trinajstić information content (AvgIpc) is 2.72. The monoisotopic (exact) mass is 411 g/mol. The van der Waals surface area contributed by atoms with Crippen LogP contribution in [0.1, 0.15) is 82.6 Å². The molecule has 4 rings (SSSR count). The average molecular weight is 412 g/mol. The third-order valence-corrected chi connectivity index (χ3v) is 7.44. The van der Waals surface area contributed by atoms with Gasteiger partial charge in [-0.25, -0.2) is 0 Å². The summed E-state index contributed by atoms with van der Waals surface area (Å²) in [6, 6.07) is 8.63. The normalized spacial score (nSPS) is 25.4. The fourth-order valence-electron chi connectivity index (χ4n) is 5.24. The summed E-state index contributed by atoms with van der Waals surface area (Å²) >= 11 is 0. The van der Waals surface area contributed by atoms with Crippen LogP contribution in [0, 0.1) is 11.8 Å². The van der Waals surface area contributed by atoms with Crippen LogP contribution in [0.3, 0.4) is 0 Å². The molecule has 30 heavy (non-hydrogen) atoms. The molecule has 5 heteroatoms. The van der Waals surface area contributed by atoms with Crippen LogP contribution in [0.2, 0.25) is 0 Å². The van der Waals surface area contributed by atoms with Crippen LogP contribution in [0.25, 0.3) is 0 Å². The zero-order valence-electron chi connectivity index (χ0n) is 18.2. The topological polar surface area (TPSA) is 75.4 Å². The van der Waals surface area contributed by atoms with Crippen LogP contribution < -0.4 is 11.1 Å². The highest BCUT2D eigenvalue weighted by atomic mass is 16.2. The minimum atomic E-state index is 0.134. The van der Waals surface area contributed by atoms with Gasteiger partial charge in [0.1, 0.15) is 0 Å². The Morgan fingerprint density at radius 3 is 2.27 bits per heavy atom. The maximum atomic E-state index is 13.5. The van der Waals surface area contributed by atoms with E-state index in [9.17, 15) is 9.59 Å². The minimum absolute atomic E-state index is 0.134. The first-order valence-corrected chi connectivity index (χ1v) is 12.1. The molecule has 0 spiro atoms. The molecule has 3 saturated carbocycles. The molecule has 1 aromatic carbocycles. The van der Waals surface area contributed by atoms with Gasteiger partial charge in [-0.1, -0.05) is 37.8 Å². The summed E-state index contributed by atoms with van der Waals surface area (Å²) in [5.41, 5.74) is 8.08. The number of nitrogens with two attached hydrogens (primary N) is 1. The SMILES string of the molecule is NC1CCC(N(Cc2cccc(NC(=O)C3CCC3)c2)C(=O)C2CCCCC2)CC1. The summed E-state index contributed by atoms with van der Waals surface area (Å²) in [7, 11) is 0. The molecule has 5 nitrogen and oxygen atoms in total. The van der Waals surface area contributed by atoms with Crippen molar-refractivity contribution in [2.75, 3.05) is 5.32 Å². The number of hydrogen-bond donors (Lipinski definition) is 2. The van der Waals surface area contributed by atoms with Gasteiger partial charge in [0, 0.05) is 36.2 Å². The number of benzene rings is 1. The van der Waals surface area contributed by atoms with E-state index in [1.54, 1.807) is 0 Å². The Balaban J connectivity index is 1.47. The van der Waals surface area contributed by atoms with Crippen LogP contribution in [-0.2, 0) is 16.1 Å². The van der Waals surface area contributed by atoms with Gasteiger partial charge in [0.2, 0.25) is 11.8 Å². The van der Waals surface area contributed by atoms with Crippen LogP contribution in [0.15, 0.2) is 24.3 Å².